The maximum absolute atomic E-state index is 11.0. The lowest BCUT2D eigenvalue weighted by Gasteiger charge is -2.11. The van der Waals surface area contributed by atoms with Gasteiger partial charge in [-0.25, -0.2) is 8.42 Å². The van der Waals surface area contributed by atoms with E-state index in [2.05, 4.69) is 29.5 Å². The number of nitrogens with zero attached hydrogens (tertiary/aromatic N) is 1. The van der Waals surface area contributed by atoms with Gasteiger partial charge >= 0.3 is 0 Å². The van der Waals surface area contributed by atoms with Crippen molar-refractivity contribution in [3.8, 4) is 0 Å². The van der Waals surface area contributed by atoms with Gasteiger partial charge < -0.3 is 10.6 Å². The molecule has 0 aromatic heterocycles. The van der Waals surface area contributed by atoms with Crippen LogP contribution in [0.2, 0.25) is 0 Å². The van der Waals surface area contributed by atoms with Crippen molar-refractivity contribution in [3.63, 3.8) is 0 Å². The molecular weight excluding hydrogens is 365 g/mol. The Balaban J connectivity index is 0. The lowest BCUT2D eigenvalue weighted by molar-refractivity contribution is 0.594. The van der Waals surface area contributed by atoms with Gasteiger partial charge in [-0.1, -0.05) is 13.8 Å². The predicted molar refractivity (Wildman–Crippen MR) is 88.6 cm³/mol. The molecule has 0 fully saturated rings. The third-order valence-corrected chi connectivity index (χ3v) is 3.03. The maximum atomic E-state index is 11.0. The van der Waals surface area contributed by atoms with E-state index in [1.165, 1.54) is 6.26 Å². The quantitative estimate of drug-likeness (QED) is 0.389. The summed E-state index contributed by atoms with van der Waals surface area (Å²) in [6.07, 6.45) is 2.26. The molecule has 5 nitrogen and oxygen atoms in total. The van der Waals surface area contributed by atoms with Crippen molar-refractivity contribution in [1.82, 2.24) is 10.6 Å². The third kappa shape index (κ3) is 14.0. The summed E-state index contributed by atoms with van der Waals surface area (Å²) in [7, 11) is -2.91. The molecule has 110 valence electrons. The van der Waals surface area contributed by atoms with Crippen LogP contribution >= 0.6 is 24.0 Å². The van der Waals surface area contributed by atoms with Crippen LogP contribution in [0.3, 0.4) is 0 Å². The zero-order chi connectivity index (χ0) is 13.3. The fourth-order valence-corrected chi connectivity index (χ4v) is 1.60. The summed E-state index contributed by atoms with van der Waals surface area (Å²) in [4.78, 5) is 4.37. The largest absolute Gasteiger partial charge is 0.357 e. The highest BCUT2D eigenvalue weighted by atomic mass is 127. The first-order valence-corrected chi connectivity index (χ1v) is 8.11. The number of hydrogen-bond acceptors (Lipinski definition) is 3. The second kappa shape index (κ2) is 10.8. The Hall–Kier alpha value is -0.0500. The van der Waals surface area contributed by atoms with Gasteiger partial charge in [0.05, 0.1) is 5.75 Å². The van der Waals surface area contributed by atoms with Gasteiger partial charge in [-0.3, -0.25) is 4.99 Å². The maximum Gasteiger partial charge on any atom is 0.191 e. The normalized spacial score (nSPS) is 12.2. The van der Waals surface area contributed by atoms with E-state index in [1.54, 1.807) is 0 Å². The highest BCUT2D eigenvalue weighted by Crippen LogP contribution is 1.98. The van der Waals surface area contributed by atoms with Gasteiger partial charge in [0, 0.05) is 25.9 Å². The SMILES string of the molecule is CCNC(=NCCC(C)C)NCCS(C)(=O)=O.I. The molecule has 7 heteroatoms. The van der Waals surface area contributed by atoms with Crippen LogP contribution in [0.15, 0.2) is 4.99 Å². The monoisotopic (exact) mass is 391 g/mol. The highest BCUT2D eigenvalue weighted by Gasteiger charge is 2.03. The van der Waals surface area contributed by atoms with Crippen LogP contribution in [-0.2, 0) is 9.84 Å². The molecule has 0 spiro atoms. The molecule has 0 saturated carbocycles. The average Bonchev–Trinajstić information content (AvgIpc) is 2.15. The number of aliphatic imine (C=N–C) groups is 1. The molecule has 0 aliphatic heterocycles. The van der Waals surface area contributed by atoms with Gasteiger partial charge in [0.2, 0.25) is 0 Å². The van der Waals surface area contributed by atoms with Crippen molar-refractivity contribution in [2.75, 3.05) is 31.6 Å². The lowest BCUT2D eigenvalue weighted by atomic mass is 10.1. The van der Waals surface area contributed by atoms with E-state index in [0.29, 0.717) is 18.4 Å². The third-order valence-electron chi connectivity index (χ3n) is 2.09. The first-order valence-electron chi connectivity index (χ1n) is 6.05. The topological polar surface area (TPSA) is 70.6 Å². The fourth-order valence-electron chi connectivity index (χ4n) is 1.13. The molecule has 0 heterocycles. The molecule has 0 atom stereocenters. The minimum absolute atomic E-state index is 0. The smallest absolute Gasteiger partial charge is 0.191 e. The van der Waals surface area contributed by atoms with Crippen LogP contribution in [0.4, 0.5) is 0 Å². The van der Waals surface area contributed by atoms with Crippen LogP contribution in [0.5, 0.6) is 0 Å². The Morgan fingerprint density at radius 1 is 1.28 bits per heavy atom. The molecule has 2 N–H and O–H groups in total. The predicted octanol–water partition coefficient (Wildman–Crippen LogP) is 1.25. The van der Waals surface area contributed by atoms with E-state index >= 15 is 0 Å². The summed E-state index contributed by atoms with van der Waals surface area (Å²) in [5.74, 6) is 1.44. The molecule has 0 aliphatic rings. The summed E-state index contributed by atoms with van der Waals surface area (Å²) < 4.78 is 21.9. The Kier molecular flexibility index (Phi) is 12.2. The van der Waals surface area contributed by atoms with Crippen molar-refractivity contribution in [2.24, 2.45) is 10.9 Å². The number of nitrogens with one attached hydrogen (secondary N) is 2. The van der Waals surface area contributed by atoms with Crippen molar-refractivity contribution in [2.45, 2.75) is 27.2 Å². The Morgan fingerprint density at radius 2 is 1.89 bits per heavy atom. The molecule has 0 aromatic carbocycles. The van der Waals surface area contributed by atoms with Gasteiger partial charge in [0.25, 0.3) is 0 Å². The number of hydrogen-bond donors (Lipinski definition) is 2. The standard InChI is InChI=1S/C11H25N3O2S.HI/c1-5-12-11(13-7-6-10(2)3)14-8-9-17(4,15)16;/h10H,5-9H2,1-4H3,(H2,12,13,14);1H. The molecule has 18 heavy (non-hydrogen) atoms. The minimum atomic E-state index is -2.91. The van der Waals surface area contributed by atoms with E-state index in [4.69, 9.17) is 0 Å². The van der Waals surface area contributed by atoms with E-state index in [0.717, 1.165) is 19.5 Å². The second-order valence-electron chi connectivity index (χ2n) is 4.50. The van der Waals surface area contributed by atoms with Gasteiger partial charge in [-0.05, 0) is 19.3 Å². The summed E-state index contributed by atoms with van der Waals surface area (Å²) >= 11 is 0. The van der Waals surface area contributed by atoms with Gasteiger partial charge in [0.1, 0.15) is 9.84 Å². The van der Waals surface area contributed by atoms with Crippen molar-refractivity contribution in [3.05, 3.63) is 0 Å². The number of rotatable bonds is 7. The zero-order valence-corrected chi connectivity index (χ0v) is 14.8. The van der Waals surface area contributed by atoms with Crippen LogP contribution in [0.1, 0.15) is 27.2 Å². The number of halogens is 1. The Bertz CT molecular complexity index is 329. The van der Waals surface area contributed by atoms with Gasteiger partial charge in [-0.15, -0.1) is 24.0 Å². The van der Waals surface area contributed by atoms with Crippen molar-refractivity contribution >= 4 is 39.8 Å². The average molecular weight is 391 g/mol. The molecule has 0 rings (SSSR count). The molecule has 0 bridgehead atoms. The molecule has 0 unspecified atom stereocenters. The van der Waals surface area contributed by atoms with Crippen LogP contribution < -0.4 is 10.6 Å². The summed E-state index contributed by atoms with van der Waals surface area (Å²) in [6.45, 7) is 8.21. The molecule has 0 amide bonds. The van der Waals surface area contributed by atoms with E-state index in [1.807, 2.05) is 6.92 Å². The molecule has 0 radical (unpaired) electrons. The first-order chi connectivity index (χ1) is 7.85. The van der Waals surface area contributed by atoms with Gasteiger partial charge in [0.15, 0.2) is 5.96 Å². The number of sulfone groups is 1. The molecule has 0 saturated heterocycles. The van der Waals surface area contributed by atoms with Gasteiger partial charge in [-0.2, -0.15) is 0 Å². The summed E-state index contributed by atoms with van der Waals surface area (Å²) in [5, 5.41) is 6.10. The first kappa shape index (κ1) is 20.3. The van der Waals surface area contributed by atoms with Crippen molar-refractivity contribution in [1.29, 1.82) is 0 Å². The lowest BCUT2D eigenvalue weighted by Crippen LogP contribution is -2.39. The Morgan fingerprint density at radius 3 is 2.33 bits per heavy atom. The molecular formula is C11H26IN3O2S. The van der Waals surface area contributed by atoms with Crippen LogP contribution in [0, 0.1) is 5.92 Å². The van der Waals surface area contributed by atoms with E-state index in [-0.39, 0.29) is 29.7 Å². The van der Waals surface area contributed by atoms with Crippen molar-refractivity contribution < 1.29 is 8.42 Å². The zero-order valence-electron chi connectivity index (χ0n) is 11.7. The summed E-state index contributed by atoms with van der Waals surface area (Å²) in [5.41, 5.74) is 0. The van der Waals surface area contributed by atoms with Crippen LogP contribution in [-0.4, -0.2) is 46.0 Å². The minimum Gasteiger partial charge on any atom is -0.357 e. The molecule has 0 aromatic rings. The molecule has 0 aliphatic carbocycles. The number of guanidine groups is 1. The summed E-state index contributed by atoms with van der Waals surface area (Å²) in [6, 6.07) is 0. The second-order valence-corrected chi connectivity index (χ2v) is 6.76. The van der Waals surface area contributed by atoms with E-state index in [9.17, 15) is 8.42 Å². The fraction of sp³-hybridized carbons (Fsp3) is 0.909. The highest BCUT2D eigenvalue weighted by molar-refractivity contribution is 14.0. The Labute approximate surface area is 128 Å². The van der Waals surface area contributed by atoms with E-state index < -0.39 is 9.84 Å². The van der Waals surface area contributed by atoms with Crippen LogP contribution in [0.25, 0.3) is 0 Å².